The fourth-order valence-corrected chi connectivity index (χ4v) is 0.971. The summed E-state index contributed by atoms with van der Waals surface area (Å²) >= 11 is 0. The minimum atomic E-state index is 0.167. The predicted octanol–water partition coefficient (Wildman–Crippen LogP) is 1.19. The predicted molar refractivity (Wildman–Crippen MR) is 39.1 cm³/mol. The minimum absolute atomic E-state index is 0.167. The normalized spacial score (nSPS) is 24.2. The third-order valence-corrected chi connectivity index (χ3v) is 1.55. The minimum Gasteiger partial charge on any atom is -0.390 e. The highest BCUT2D eigenvalue weighted by Crippen LogP contribution is 2.11. The van der Waals surface area contributed by atoms with Gasteiger partial charge in [0.2, 0.25) is 0 Å². The second kappa shape index (κ2) is 3.56. The lowest BCUT2D eigenvalue weighted by molar-refractivity contribution is 0.0208. The van der Waals surface area contributed by atoms with Crippen LogP contribution in [0.1, 0.15) is 19.8 Å². The lowest BCUT2D eigenvalue weighted by Crippen LogP contribution is -2.14. The third kappa shape index (κ3) is 1.70. The summed E-state index contributed by atoms with van der Waals surface area (Å²) in [4.78, 5) is 5.06. The van der Waals surface area contributed by atoms with Crippen molar-refractivity contribution in [3.8, 4) is 0 Å². The van der Waals surface area contributed by atoms with Gasteiger partial charge in [-0.2, -0.15) is 0 Å². The summed E-state index contributed by atoms with van der Waals surface area (Å²) in [6.45, 7) is 2.73. The fourth-order valence-electron chi connectivity index (χ4n) is 0.971. The van der Waals surface area contributed by atoms with E-state index >= 15 is 0 Å². The molecule has 0 saturated heterocycles. The molecule has 0 aromatic rings. The maximum Gasteiger partial charge on any atom is 0.156 e. The van der Waals surface area contributed by atoms with Crippen molar-refractivity contribution in [2.75, 3.05) is 13.7 Å². The van der Waals surface area contributed by atoms with E-state index in [1.807, 2.05) is 0 Å². The summed E-state index contributed by atoms with van der Waals surface area (Å²) in [6.07, 6.45) is 2.09. The summed E-state index contributed by atoms with van der Waals surface area (Å²) in [5, 5.41) is 3.89. The zero-order valence-corrected chi connectivity index (χ0v) is 6.46. The van der Waals surface area contributed by atoms with Crippen LogP contribution in [0.5, 0.6) is 0 Å². The van der Waals surface area contributed by atoms with E-state index in [-0.39, 0.29) is 6.10 Å². The molecule has 1 aliphatic rings. The van der Waals surface area contributed by atoms with E-state index in [0.717, 1.165) is 18.6 Å². The smallest absolute Gasteiger partial charge is 0.156 e. The van der Waals surface area contributed by atoms with Crippen LogP contribution >= 0.6 is 0 Å². The van der Waals surface area contributed by atoms with E-state index in [9.17, 15) is 0 Å². The summed E-state index contributed by atoms with van der Waals surface area (Å²) in [5.74, 6) is 0. The summed E-state index contributed by atoms with van der Waals surface area (Å²) in [7, 11) is 1.67. The van der Waals surface area contributed by atoms with Gasteiger partial charge in [-0.1, -0.05) is 12.1 Å². The first-order valence-corrected chi connectivity index (χ1v) is 3.57. The second-order valence-corrected chi connectivity index (χ2v) is 2.40. The van der Waals surface area contributed by atoms with Crippen LogP contribution in [-0.4, -0.2) is 25.5 Å². The van der Waals surface area contributed by atoms with Gasteiger partial charge in [-0.15, -0.1) is 0 Å². The van der Waals surface area contributed by atoms with Crippen LogP contribution in [0.15, 0.2) is 5.16 Å². The van der Waals surface area contributed by atoms with Crippen LogP contribution in [0.2, 0.25) is 0 Å². The van der Waals surface area contributed by atoms with Crippen molar-refractivity contribution in [3.05, 3.63) is 0 Å². The van der Waals surface area contributed by atoms with E-state index < -0.39 is 0 Å². The molecule has 1 aliphatic heterocycles. The standard InChI is InChI=1S/C7H13NO2/c1-3-6-4-7(5-9-2)10-8-6/h7H,3-5H2,1-2H3. The second-order valence-electron chi connectivity index (χ2n) is 2.40. The van der Waals surface area contributed by atoms with Crippen LogP contribution in [0.3, 0.4) is 0 Å². The molecule has 0 N–H and O–H groups in total. The van der Waals surface area contributed by atoms with Crippen LogP contribution in [0.4, 0.5) is 0 Å². The average molecular weight is 143 g/mol. The van der Waals surface area contributed by atoms with Crippen molar-refractivity contribution in [1.29, 1.82) is 0 Å². The van der Waals surface area contributed by atoms with Crippen molar-refractivity contribution in [1.82, 2.24) is 0 Å². The Labute approximate surface area is 61.0 Å². The highest BCUT2D eigenvalue weighted by atomic mass is 16.7. The number of nitrogens with zero attached hydrogens (tertiary/aromatic N) is 1. The number of hydrogen-bond acceptors (Lipinski definition) is 3. The quantitative estimate of drug-likeness (QED) is 0.594. The summed E-state index contributed by atoms with van der Waals surface area (Å²) < 4.78 is 4.92. The first-order valence-electron chi connectivity index (χ1n) is 3.57. The Morgan fingerprint density at radius 3 is 3.10 bits per heavy atom. The molecule has 10 heavy (non-hydrogen) atoms. The van der Waals surface area contributed by atoms with Gasteiger partial charge in [-0.05, 0) is 6.42 Å². The summed E-state index contributed by atoms with van der Waals surface area (Å²) in [6, 6.07) is 0. The molecule has 0 aromatic heterocycles. The molecule has 1 unspecified atom stereocenters. The number of hydrogen-bond donors (Lipinski definition) is 0. The van der Waals surface area contributed by atoms with Crippen molar-refractivity contribution in [2.24, 2.45) is 5.16 Å². The van der Waals surface area contributed by atoms with Crippen LogP contribution < -0.4 is 0 Å². The Balaban J connectivity index is 2.22. The van der Waals surface area contributed by atoms with E-state index in [2.05, 4.69) is 12.1 Å². The molecule has 1 rings (SSSR count). The van der Waals surface area contributed by atoms with E-state index in [1.54, 1.807) is 7.11 Å². The lowest BCUT2D eigenvalue weighted by atomic mass is 10.1. The number of rotatable bonds is 3. The average Bonchev–Trinajstić information content (AvgIpc) is 2.37. The molecular formula is C7H13NO2. The van der Waals surface area contributed by atoms with Crippen molar-refractivity contribution < 1.29 is 9.57 Å². The Morgan fingerprint density at radius 1 is 1.80 bits per heavy atom. The lowest BCUT2D eigenvalue weighted by Gasteiger charge is -2.04. The Morgan fingerprint density at radius 2 is 2.60 bits per heavy atom. The topological polar surface area (TPSA) is 30.8 Å². The SMILES string of the molecule is CCC1=NOC(COC)C1. The Hall–Kier alpha value is -0.570. The Bertz CT molecular complexity index is 134. The monoisotopic (exact) mass is 143 g/mol. The maximum absolute atomic E-state index is 5.06. The molecule has 0 aromatic carbocycles. The fraction of sp³-hybridized carbons (Fsp3) is 0.857. The number of methoxy groups -OCH3 is 1. The van der Waals surface area contributed by atoms with Gasteiger partial charge in [0.15, 0.2) is 6.10 Å². The van der Waals surface area contributed by atoms with E-state index in [4.69, 9.17) is 9.57 Å². The van der Waals surface area contributed by atoms with Gasteiger partial charge in [0.1, 0.15) is 0 Å². The Kier molecular flexibility index (Phi) is 2.68. The zero-order chi connectivity index (χ0) is 7.40. The molecule has 0 amide bonds. The largest absolute Gasteiger partial charge is 0.390 e. The van der Waals surface area contributed by atoms with Gasteiger partial charge in [-0.25, -0.2) is 0 Å². The van der Waals surface area contributed by atoms with Crippen molar-refractivity contribution in [3.63, 3.8) is 0 Å². The molecule has 0 saturated carbocycles. The molecule has 58 valence electrons. The molecule has 0 bridgehead atoms. The van der Waals surface area contributed by atoms with Gasteiger partial charge in [-0.3, -0.25) is 0 Å². The van der Waals surface area contributed by atoms with Gasteiger partial charge in [0, 0.05) is 13.5 Å². The zero-order valence-electron chi connectivity index (χ0n) is 6.46. The first-order chi connectivity index (χ1) is 4.86. The molecule has 3 heteroatoms. The summed E-state index contributed by atoms with van der Waals surface area (Å²) in [5.41, 5.74) is 1.14. The highest BCUT2D eigenvalue weighted by molar-refractivity contribution is 5.85. The van der Waals surface area contributed by atoms with Gasteiger partial charge < -0.3 is 9.57 Å². The van der Waals surface area contributed by atoms with Crippen molar-refractivity contribution in [2.45, 2.75) is 25.9 Å². The van der Waals surface area contributed by atoms with E-state index in [0.29, 0.717) is 6.61 Å². The first kappa shape index (κ1) is 7.54. The molecule has 3 nitrogen and oxygen atoms in total. The molecule has 0 aliphatic carbocycles. The van der Waals surface area contributed by atoms with E-state index in [1.165, 1.54) is 0 Å². The molecule has 0 spiro atoms. The number of oxime groups is 1. The highest BCUT2D eigenvalue weighted by Gasteiger charge is 2.18. The van der Waals surface area contributed by atoms with Crippen molar-refractivity contribution >= 4 is 5.71 Å². The molecule has 1 heterocycles. The van der Waals surface area contributed by atoms with Gasteiger partial charge in [0.05, 0.1) is 12.3 Å². The molecular weight excluding hydrogens is 130 g/mol. The third-order valence-electron chi connectivity index (χ3n) is 1.55. The molecule has 0 radical (unpaired) electrons. The molecule has 0 fully saturated rings. The van der Waals surface area contributed by atoms with Crippen LogP contribution in [0, 0.1) is 0 Å². The maximum atomic E-state index is 5.06. The van der Waals surface area contributed by atoms with Crippen LogP contribution in [0.25, 0.3) is 0 Å². The van der Waals surface area contributed by atoms with Gasteiger partial charge in [0.25, 0.3) is 0 Å². The molecule has 1 atom stereocenters. The van der Waals surface area contributed by atoms with Gasteiger partial charge >= 0.3 is 0 Å². The van der Waals surface area contributed by atoms with Crippen LogP contribution in [-0.2, 0) is 9.57 Å². The number of ether oxygens (including phenoxy) is 1.